The van der Waals surface area contributed by atoms with Gasteiger partial charge in [-0.15, -0.1) is 0 Å². The van der Waals surface area contributed by atoms with E-state index in [1.165, 1.54) is 16.3 Å². The maximum atomic E-state index is 6.22. The van der Waals surface area contributed by atoms with Crippen molar-refractivity contribution >= 4 is 10.8 Å². The fourth-order valence-electron chi connectivity index (χ4n) is 2.92. The molecule has 2 unspecified atom stereocenters. The first-order chi connectivity index (χ1) is 9.35. The predicted octanol–water partition coefficient (Wildman–Crippen LogP) is 4.05. The molecule has 1 heterocycles. The van der Waals surface area contributed by atoms with E-state index in [4.69, 9.17) is 4.74 Å². The molecular formula is C17H21NO. The summed E-state index contributed by atoms with van der Waals surface area (Å²) in [5, 5.41) is 6.12. The lowest BCUT2D eigenvalue weighted by Gasteiger charge is -2.18. The summed E-state index contributed by atoms with van der Waals surface area (Å²) in [7, 11) is 0. The lowest BCUT2D eigenvalue weighted by Crippen LogP contribution is -2.30. The van der Waals surface area contributed by atoms with E-state index in [1.807, 2.05) is 0 Å². The molecule has 2 aromatic rings. The number of nitrogens with one attached hydrogen (secondary N) is 1. The van der Waals surface area contributed by atoms with Crippen LogP contribution >= 0.6 is 0 Å². The number of rotatable bonds is 4. The SMILES string of the molecule is CCCNC1c2ccc3ccccc3c2OC1CC. The van der Waals surface area contributed by atoms with E-state index in [0.29, 0.717) is 6.04 Å². The van der Waals surface area contributed by atoms with Crippen molar-refractivity contribution in [3.8, 4) is 5.75 Å². The molecule has 0 amide bonds. The topological polar surface area (TPSA) is 21.3 Å². The number of hydrogen-bond donors (Lipinski definition) is 1. The average Bonchev–Trinajstić information content (AvgIpc) is 2.83. The molecule has 0 bridgehead atoms. The summed E-state index contributed by atoms with van der Waals surface area (Å²) in [5.41, 5.74) is 1.32. The molecule has 0 saturated carbocycles. The van der Waals surface area contributed by atoms with Gasteiger partial charge in [0.05, 0.1) is 6.04 Å². The average molecular weight is 255 g/mol. The summed E-state index contributed by atoms with van der Waals surface area (Å²) in [4.78, 5) is 0. The summed E-state index contributed by atoms with van der Waals surface area (Å²) in [6.45, 7) is 5.43. The van der Waals surface area contributed by atoms with Gasteiger partial charge in [-0.2, -0.15) is 0 Å². The van der Waals surface area contributed by atoms with E-state index in [1.54, 1.807) is 0 Å². The lowest BCUT2D eigenvalue weighted by molar-refractivity contribution is 0.187. The molecule has 3 rings (SSSR count). The maximum absolute atomic E-state index is 6.22. The first-order valence-corrected chi connectivity index (χ1v) is 7.26. The Morgan fingerprint density at radius 3 is 2.74 bits per heavy atom. The quantitative estimate of drug-likeness (QED) is 0.890. The van der Waals surface area contributed by atoms with Gasteiger partial charge in [-0.3, -0.25) is 0 Å². The van der Waals surface area contributed by atoms with Crippen LogP contribution in [0.2, 0.25) is 0 Å². The zero-order valence-corrected chi connectivity index (χ0v) is 11.6. The fraction of sp³-hybridized carbons (Fsp3) is 0.412. The first-order valence-electron chi connectivity index (χ1n) is 7.26. The maximum Gasteiger partial charge on any atom is 0.132 e. The molecular weight excluding hydrogens is 234 g/mol. The zero-order chi connectivity index (χ0) is 13.2. The van der Waals surface area contributed by atoms with E-state index < -0.39 is 0 Å². The highest BCUT2D eigenvalue weighted by molar-refractivity contribution is 5.90. The second kappa shape index (κ2) is 5.22. The van der Waals surface area contributed by atoms with Gasteiger partial charge >= 0.3 is 0 Å². The standard InChI is InChI=1S/C17H21NO/c1-3-11-18-16-14-10-9-12-7-5-6-8-13(12)17(14)19-15(16)4-2/h5-10,15-16,18H,3-4,11H2,1-2H3. The molecule has 100 valence electrons. The van der Waals surface area contributed by atoms with E-state index in [-0.39, 0.29) is 6.10 Å². The summed E-state index contributed by atoms with van der Waals surface area (Å²) in [6.07, 6.45) is 2.44. The molecule has 2 nitrogen and oxygen atoms in total. The van der Waals surface area contributed by atoms with Crippen molar-refractivity contribution in [3.05, 3.63) is 42.0 Å². The molecule has 1 aliphatic rings. The molecule has 0 radical (unpaired) electrons. The van der Waals surface area contributed by atoms with Crippen molar-refractivity contribution in [3.63, 3.8) is 0 Å². The minimum atomic E-state index is 0.257. The Hall–Kier alpha value is -1.54. The van der Waals surface area contributed by atoms with Crippen molar-refractivity contribution in [1.29, 1.82) is 0 Å². The van der Waals surface area contributed by atoms with Crippen molar-refractivity contribution in [1.82, 2.24) is 5.32 Å². The largest absolute Gasteiger partial charge is 0.487 e. The molecule has 0 saturated heterocycles. The third kappa shape index (κ3) is 2.10. The van der Waals surface area contributed by atoms with Crippen LogP contribution in [0.4, 0.5) is 0 Å². The molecule has 2 aromatic carbocycles. The Balaban J connectivity index is 2.05. The first kappa shape index (κ1) is 12.5. The van der Waals surface area contributed by atoms with Crippen LogP contribution in [0, 0.1) is 0 Å². The summed E-state index contributed by atoms with van der Waals surface area (Å²) in [6, 6.07) is 13.2. The second-order valence-electron chi connectivity index (χ2n) is 5.20. The summed E-state index contributed by atoms with van der Waals surface area (Å²) >= 11 is 0. The lowest BCUT2D eigenvalue weighted by atomic mass is 9.99. The summed E-state index contributed by atoms with van der Waals surface area (Å²) in [5.74, 6) is 1.08. The molecule has 19 heavy (non-hydrogen) atoms. The van der Waals surface area contributed by atoms with Gasteiger partial charge in [-0.25, -0.2) is 0 Å². The number of hydrogen-bond acceptors (Lipinski definition) is 2. The zero-order valence-electron chi connectivity index (χ0n) is 11.6. The molecule has 0 fully saturated rings. The van der Waals surface area contributed by atoms with E-state index in [2.05, 4.69) is 55.6 Å². The number of ether oxygens (including phenoxy) is 1. The van der Waals surface area contributed by atoms with Crippen LogP contribution in [-0.4, -0.2) is 12.6 Å². The highest BCUT2D eigenvalue weighted by Crippen LogP contribution is 2.42. The normalized spacial score (nSPS) is 21.4. The molecule has 1 N–H and O–H groups in total. The molecule has 2 heteroatoms. The van der Waals surface area contributed by atoms with E-state index in [0.717, 1.165) is 25.1 Å². The van der Waals surface area contributed by atoms with E-state index in [9.17, 15) is 0 Å². The Morgan fingerprint density at radius 1 is 1.11 bits per heavy atom. The van der Waals surface area contributed by atoms with Gasteiger partial charge < -0.3 is 10.1 Å². The van der Waals surface area contributed by atoms with Crippen LogP contribution in [0.25, 0.3) is 10.8 Å². The van der Waals surface area contributed by atoms with Gasteiger partial charge in [0.25, 0.3) is 0 Å². The summed E-state index contributed by atoms with van der Waals surface area (Å²) < 4.78 is 6.22. The minimum Gasteiger partial charge on any atom is -0.487 e. The Kier molecular flexibility index (Phi) is 3.43. The van der Waals surface area contributed by atoms with Crippen LogP contribution in [0.15, 0.2) is 36.4 Å². The van der Waals surface area contributed by atoms with Crippen LogP contribution in [-0.2, 0) is 0 Å². The van der Waals surface area contributed by atoms with Crippen molar-refractivity contribution in [2.75, 3.05) is 6.54 Å². The van der Waals surface area contributed by atoms with Gasteiger partial charge in [0.15, 0.2) is 0 Å². The van der Waals surface area contributed by atoms with Crippen LogP contribution in [0.1, 0.15) is 38.3 Å². The smallest absolute Gasteiger partial charge is 0.132 e. The Bertz CT molecular complexity index is 578. The molecule has 2 atom stereocenters. The monoisotopic (exact) mass is 255 g/mol. The third-order valence-corrected chi connectivity index (χ3v) is 3.90. The molecule has 0 spiro atoms. The molecule has 0 aliphatic carbocycles. The number of fused-ring (bicyclic) bond motifs is 3. The number of benzene rings is 2. The highest BCUT2D eigenvalue weighted by atomic mass is 16.5. The van der Waals surface area contributed by atoms with Crippen LogP contribution < -0.4 is 10.1 Å². The van der Waals surface area contributed by atoms with Gasteiger partial charge in [0.2, 0.25) is 0 Å². The fourth-order valence-corrected chi connectivity index (χ4v) is 2.92. The predicted molar refractivity (Wildman–Crippen MR) is 79.7 cm³/mol. The second-order valence-corrected chi connectivity index (χ2v) is 5.20. The molecule has 1 aliphatic heterocycles. The van der Waals surface area contributed by atoms with Gasteiger partial charge in [0.1, 0.15) is 11.9 Å². The van der Waals surface area contributed by atoms with E-state index >= 15 is 0 Å². The van der Waals surface area contributed by atoms with Gasteiger partial charge in [-0.05, 0) is 24.8 Å². The van der Waals surface area contributed by atoms with Gasteiger partial charge in [0, 0.05) is 10.9 Å². The Labute approximate surface area is 114 Å². The highest BCUT2D eigenvalue weighted by Gasteiger charge is 2.33. The van der Waals surface area contributed by atoms with Crippen molar-refractivity contribution in [2.45, 2.75) is 38.8 Å². The minimum absolute atomic E-state index is 0.257. The molecule has 0 aromatic heterocycles. The Morgan fingerprint density at radius 2 is 1.95 bits per heavy atom. The van der Waals surface area contributed by atoms with Gasteiger partial charge in [-0.1, -0.05) is 50.2 Å². The van der Waals surface area contributed by atoms with Crippen LogP contribution in [0.3, 0.4) is 0 Å². The third-order valence-electron chi connectivity index (χ3n) is 3.90. The van der Waals surface area contributed by atoms with Crippen LogP contribution in [0.5, 0.6) is 5.75 Å². The van der Waals surface area contributed by atoms with Crippen molar-refractivity contribution in [2.24, 2.45) is 0 Å². The van der Waals surface area contributed by atoms with Crippen molar-refractivity contribution < 1.29 is 4.74 Å².